The van der Waals surface area contributed by atoms with E-state index < -0.39 is 11.9 Å². The number of anilines is 1. The Balaban J connectivity index is 1.76. The summed E-state index contributed by atoms with van der Waals surface area (Å²) in [4.78, 5) is 39.2. The van der Waals surface area contributed by atoms with E-state index in [-0.39, 0.29) is 31.0 Å². The van der Waals surface area contributed by atoms with Crippen LogP contribution in [0, 0.1) is 0 Å². The van der Waals surface area contributed by atoms with Crippen LogP contribution in [0.25, 0.3) is 0 Å². The van der Waals surface area contributed by atoms with Gasteiger partial charge < -0.3 is 10.4 Å². The fourth-order valence-electron chi connectivity index (χ4n) is 2.46. The van der Waals surface area contributed by atoms with Gasteiger partial charge in [0, 0.05) is 17.5 Å². The zero-order valence-electron chi connectivity index (χ0n) is 16.6. The number of aliphatic carboxylic acids is 1. The number of nitrogens with two attached hydrogens (primary N) is 1. The molecule has 32 heavy (non-hydrogen) atoms. The van der Waals surface area contributed by atoms with E-state index in [0.29, 0.717) is 27.4 Å². The molecule has 168 valence electrons. The van der Waals surface area contributed by atoms with E-state index in [0.717, 1.165) is 11.8 Å². The van der Waals surface area contributed by atoms with Gasteiger partial charge in [0.15, 0.2) is 11.0 Å². The summed E-state index contributed by atoms with van der Waals surface area (Å²) in [5.41, 5.74) is 5.90. The number of carbonyl (C=O) groups is 3. The van der Waals surface area contributed by atoms with E-state index in [2.05, 4.69) is 25.9 Å². The molecule has 3 aromatic rings. The van der Waals surface area contributed by atoms with Crippen molar-refractivity contribution in [1.82, 2.24) is 25.3 Å². The fraction of sp³-hybridized carbons (Fsp3) is 0.222. The molecule has 6 N–H and O–H groups in total. The third kappa shape index (κ3) is 6.50. The number of aromatic nitrogens is 4. The normalized spacial score (nSPS) is 10.5. The minimum absolute atomic E-state index is 0.00973. The Morgan fingerprint density at radius 3 is 2.69 bits per heavy atom. The van der Waals surface area contributed by atoms with E-state index in [1.54, 1.807) is 35.7 Å². The average Bonchev–Trinajstić information content (AvgIpc) is 3.39. The topological polar surface area (TPSA) is 177 Å². The van der Waals surface area contributed by atoms with Gasteiger partial charge >= 0.3 is 5.97 Å². The highest BCUT2D eigenvalue weighted by Gasteiger charge is 2.18. The zero-order valence-corrected chi connectivity index (χ0v) is 18.3. The molecule has 2 aromatic heterocycles. The van der Waals surface area contributed by atoms with Gasteiger partial charge in [0.05, 0.1) is 24.3 Å². The molecule has 0 radical (unpaired) electrons. The Morgan fingerprint density at radius 1 is 1.19 bits per heavy atom. The number of benzene rings is 1. The number of hydrogen-bond acceptors (Lipinski definition) is 10. The highest BCUT2D eigenvalue weighted by molar-refractivity contribution is 7.99. The molecule has 0 fully saturated rings. The van der Waals surface area contributed by atoms with Gasteiger partial charge in [-0.1, -0.05) is 30.0 Å². The molecule has 0 aliphatic carbocycles. The van der Waals surface area contributed by atoms with Gasteiger partial charge in [-0.15, -0.1) is 21.5 Å². The van der Waals surface area contributed by atoms with Crippen LogP contribution in [0.3, 0.4) is 0 Å². The molecule has 0 aliphatic heterocycles. The maximum Gasteiger partial charge on any atom is 0.305 e. The van der Waals surface area contributed by atoms with Crippen LogP contribution in [-0.4, -0.2) is 55.0 Å². The highest BCUT2D eigenvalue weighted by atomic mass is 32.2. The zero-order chi connectivity index (χ0) is 22.9. The number of nitrogens with one attached hydrogen (secondary N) is 3. The van der Waals surface area contributed by atoms with Crippen LogP contribution in [0.2, 0.25) is 0 Å². The second-order valence-electron chi connectivity index (χ2n) is 6.29. The predicted molar refractivity (Wildman–Crippen MR) is 119 cm³/mol. The average molecular weight is 477 g/mol. The molecule has 0 bridgehead atoms. The summed E-state index contributed by atoms with van der Waals surface area (Å²) in [6.07, 6.45) is 0.231. The monoisotopic (exact) mass is 476 g/mol. The van der Waals surface area contributed by atoms with Crippen molar-refractivity contribution in [3.63, 3.8) is 0 Å². The lowest BCUT2D eigenvalue weighted by Crippen LogP contribution is -2.32. The molecule has 1 aromatic carbocycles. The number of amides is 2. The summed E-state index contributed by atoms with van der Waals surface area (Å²) in [5, 5.41) is 22.6. The van der Waals surface area contributed by atoms with E-state index in [4.69, 9.17) is 10.9 Å². The van der Waals surface area contributed by atoms with Gasteiger partial charge in [-0.25, -0.2) is 15.5 Å². The lowest BCUT2D eigenvalue weighted by Gasteiger charge is -2.11. The number of carboxylic acids is 1. The molecule has 0 saturated heterocycles. The highest BCUT2D eigenvalue weighted by Crippen LogP contribution is 2.20. The molecule has 2 heterocycles. The third-order valence-electron chi connectivity index (χ3n) is 3.95. The Kier molecular flexibility index (Phi) is 8.13. The summed E-state index contributed by atoms with van der Waals surface area (Å²) in [7, 11) is 0. The van der Waals surface area contributed by atoms with Crippen LogP contribution in [-0.2, 0) is 16.0 Å². The molecule has 0 atom stereocenters. The number of thiazole rings is 1. The minimum Gasteiger partial charge on any atom is -0.481 e. The van der Waals surface area contributed by atoms with Crippen LogP contribution in [0.5, 0.6) is 0 Å². The maximum atomic E-state index is 12.7. The Morgan fingerprint density at radius 2 is 1.97 bits per heavy atom. The molecule has 0 spiro atoms. The quantitative estimate of drug-likeness (QED) is 0.114. The summed E-state index contributed by atoms with van der Waals surface area (Å²) in [6, 6.07) is 8.64. The number of hydrazine groups is 1. The second-order valence-corrected chi connectivity index (χ2v) is 8.09. The molecule has 0 aliphatic rings. The van der Waals surface area contributed by atoms with Crippen molar-refractivity contribution in [1.29, 1.82) is 0 Å². The van der Waals surface area contributed by atoms with Crippen molar-refractivity contribution in [2.75, 3.05) is 23.0 Å². The number of nitrogens with zero attached hydrogens (tertiary/aromatic N) is 4. The number of hydrogen-bond donors (Lipinski definition) is 5. The Bertz CT molecular complexity index is 1090. The van der Waals surface area contributed by atoms with Crippen molar-refractivity contribution >= 4 is 46.0 Å². The predicted octanol–water partition coefficient (Wildman–Crippen LogP) is 0.678. The molecule has 3 rings (SSSR count). The van der Waals surface area contributed by atoms with Gasteiger partial charge in [-0.3, -0.25) is 25.2 Å². The van der Waals surface area contributed by atoms with E-state index in [1.165, 1.54) is 16.0 Å². The molecule has 2 amide bonds. The van der Waals surface area contributed by atoms with E-state index >= 15 is 0 Å². The van der Waals surface area contributed by atoms with E-state index in [9.17, 15) is 14.4 Å². The van der Waals surface area contributed by atoms with Gasteiger partial charge in [0.1, 0.15) is 0 Å². The molecule has 0 saturated carbocycles. The summed E-state index contributed by atoms with van der Waals surface area (Å²) in [6.45, 7) is 0.260. The van der Waals surface area contributed by atoms with Crippen LogP contribution in [0.1, 0.15) is 28.3 Å². The molecular formula is C18H20N8O4S2. The molecule has 14 heteroatoms. The molecule has 0 unspecified atom stereocenters. The van der Waals surface area contributed by atoms with Gasteiger partial charge in [-0.05, 0) is 12.1 Å². The van der Waals surface area contributed by atoms with Crippen LogP contribution < -0.4 is 22.0 Å². The minimum atomic E-state index is -0.898. The number of carbonyl (C=O) groups excluding carboxylic acids is 2. The lowest BCUT2D eigenvalue weighted by molar-refractivity contribution is -0.136. The SMILES string of the molecule is NNC(=O)CSc1nnc(Cc2csc(NCCC(=O)O)n2)n1NC(=O)c1ccccc1. The largest absolute Gasteiger partial charge is 0.481 e. The molecular weight excluding hydrogens is 456 g/mol. The number of carboxylic acid groups (broad SMARTS) is 1. The lowest BCUT2D eigenvalue weighted by atomic mass is 10.2. The summed E-state index contributed by atoms with van der Waals surface area (Å²) >= 11 is 2.39. The second kappa shape index (κ2) is 11.2. The number of thioether (sulfide) groups is 1. The Labute approximate surface area is 190 Å². The van der Waals surface area contributed by atoms with Crippen molar-refractivity contribution < 1.29 is 19.5 Å². The smallest absolute Gasteiger partial charge is 0.305 e. The summed E-state index contributed by atoms with van der Waals surface area (Å²) in [5.74, 6) is 3.85. The maximum absolute atomic E-state index is 12.7. The third-order valence-corrected chi connectivity index (χ3v) is 5.73. The van der Waals surface area contributed by atoms with Gasteiger partial charge in [-0.2, -0.15) is 0 Å². The standard InChI is InChI=1S/C18H20N8O4S2/c19-22-14(27)10-32-18-24-23-13(26(18)25-16(30)11-4-2-1-3-5-11)8-12-9-31-17(21-12)20-7-6-15(28)29/h1-5,9H,6-8,10,19H2,(H,20,21)(H,22,27)(H,25,30)(H,28,29). The van der Waals surface area contributed by atoms with Crippen molar-refractivity contribution in [2.45, 2.75) is 18.0 Å². The molecule has 12 nitrogen and oxygen atoms in total. The first-order chi connectivity index (χ1) is 15.5. The van der Waals surface area contributed by atoms with Crippen molar-refractivity contribution in [3.8, 4) is 0 Å². The first-order valence-corrected chi connectivity index (χ1v) is 11.2. The van der Waals surface area contributed by atoms with Crippen LogP contribution >= 0.6 is 23.1 Å². The van der Waals surface area contributed by atoms with Crippen LogP contribution in [0.15, 0.2) is 40.9 Å². The first-order valence-electron chi connectivity index (χ1n) is 9.29. The summed E-state index contributed by atoms with van der Waals surface area (Å²) < 4.78 is 1.42. The van der Waals surface area contributed by atoms with Crippen molar-refractivity contribution in [2.24, 2.45) is 5.84 Å². The van der Waals surface area contributed by atoms with Crippen molar-refractivity contribution in [3.05, 3.63) is 52.8 Å². The number of rotatable bonds is 11. The Hall–Kier alpha value is -3.49. The van der Waals surface area contributed by atoms with Gasteiger partial charge in [0.2, 0.25) is 11.1 Å². The van der Waals surface area contributed by atoms with E-state index in [1.807, 2.05) is 5.43 Å². The fourth-order valence-corrected chi connectivity index (χ4v) is 3.92. The van der Waals surface area contributed by atoms with Crippen LogP contribution in [0.4, 0.5) is 5.13 Å². The first kappa shape index (κ1) is 23.2. The van der Waals surface area contributed by atoms with Gasteiger partial charge in [0.25, 0.3) is 5.91 Å².